The molecule has 1 rings (SSSR count). The van der Waals surface area contributed by atoms with Crippen LogP contribution in [0.5, 0.6) is 0 Å². The summed E-state index contributed by atoms with van der Waals surface area (Å²) in [5, 5.41) is 30.5. The molecule has 130 valence electrons. The number of carbonyl (C=O) groups excluding carboxylic acids is 2. The van der Waals surface area contributed by atoms with Crippen molar-refractivity contribution in [3.8, 4) is 6.07 Å². The van der Waals surface area contributed by atoms with Gasteiger partial charge in [0.25, 0.3) is 0 Å². The smallest absolute Gasteiger partial charge is 0.249 e. The Labute approximate surface area is 142 Å². The molecule has 3 N–H and O–H groups in total. The highest BCUT2D eigenvalue weighted by Gasteiger charge is 2.32. The Bertz CT molecular complexity index is 634. The van der Waals surface area contributed by atoms with Gasteiger partial charge in [-0.25, -0.2) is 0 Å². The van der Waals surface area contributed by atoms with Crippen LogP contribution in [0.1, 0.15) is 43.1 Å². The maximum absolute atomic E-state index is 12.2. The lowest BCUT2D eigenvalue weighted by Gasteiger charge is -2.27. The fourth-order valence-corrected chi connectivity index (χ4v) is 2.08. The van der Waals surface area contributed by atoms with Crippen molar-refractivity contribution >= 4 is 11.7 Å². The van der Waals surface area contributed by atoms with E-state index in [1.807, 2.05) is 13.0 Å². The second kappa shape index (κ2) is 8.57. The van der Waals surface area contributed by atoms with Crippen molar-refractivity contribution in [1.82, 2.24) is 5.32 Å². The summed E-state index contributed by atoms with van der Waals surface area (Å²) in [6.07, 6.45) is -1.10. The number of ketones is 1. The van der Waals surface area contributed by atoms with Gasteiger partial charge >= 0.3 is 0 Å². The molecular formula is C18H24N2O4. The van der Waals surface area contributed by atoms with E-state index in [0.717, 1.165) is 0 Å². The number of nitriles is 1. The quantitative estimate of drug-likeness (QED) is 0.621. The van der Waals surface area contributed by atoms with Crippen molar-refractivity contribution in [2.24, 2.45) is 11.3 Å². The van der Waals surface area contributed by atoms with E-state index in [-0.39, 0.29) is 31.3 Å². The highest BCUT2D eigenvalue weighted by Crippen LogP contribution is 2.19. The highest BCUT2D eigenvalue weighted by molar-refractivity contribution is 5.96. The first-order valence-electron chi connectivity index (χ1n) is 7.81. The Morgan fingerprint density at radius 2 is 2.04 bits per heavy atom. The van der Waals surface area contributed by atoms with Gasteiger partial charge < -0.3 is 15.5 Å². The van der Waals surface area contributed by atoms with E-state index >= 15 is 0 Å². The molecule has 1 amide bonds. The molecule has 0 spiro atoms. The number of nitrogens with one attached hydrogen (secondary N) is 1. The summed E-state index contributed by atoms with van der Waals surface area (Å²) < 4.78 is 0. The molecule has 0 aromatic heterocycles. The predicted octanol–water partition coefficient (Wildman–Crippen LogP) is 1.26. The summed E-state index contributed by atoms with van der Waals surface area (Å²) in [6, 6.07) is 8.48. The van der Waals surface area contributed by atoms with E-state index in [2.05, 4.69) is 5.32 Å². The van der Waals surface area contributed by atoms with Crippen LogP contribution in [0.4, 0.5) is 0 Å². The summed E-state index contributed by atoms with van der Waals surface area (Å²) in [5.41, 5.74) is -0.0363. The molecule has 0 bridgehead atoms. The molecule has 0 aliphatic carbocycles. The molecule has 0 radical (unpaired) electrons. The molecule has 0 saturated heterocycles. The fraction of sp³-hybridized carbons (Fsp3) is 0.500. The van der Waals surface area contributed by atoms with Crippen LogP contribution in [0, 0.1) is 22.7 Å². The minimum Gasteiger partial charge on any atom is -0.396 e. The molecule has 0 fully saturated rings. The largest absolute Gasteiger partial charge is 0.396 e. The van der Waals surface area contributed by atoms with Crippen LogP contribution in [0.2, 0.25) is 0 Å². The number of Topliss-reactive ketones (excluding diaryl/α,β-unsaturated/α-hetero) is 1. The zero-order chi connectivity index (χ0) is 18.3. The van der Waals surface area contributed by atoms with E-state index in [4.69, 9.17) is 5.26 Å². The zero-order valence-electron chi connectivity index (χ0n) is 14.2. The molecule has 6 heteroatoms. The number of aliphatic hydroxyl groups is 2. The lowest BCUT2D eigenvalue weighted by molar-refractivity contribution is -0.137. The second-order valence-electron chi connectivity index (χ2n) is 6.72. The fourth-order valence-electron chi connectivity index (χ4n) is 2.08. The van der Waals surface area contributed by atoms with Gasteiger partial charge in [0, 0.05) is 23.9 Å². The monoisotopic (exact) mass is 332 g/mol. The second-order valence-corrected chi connectivity index (χ2v) is 6.72. The Hall–Kier alpha value is -2.23. The van der Waals surface area contributed by atoms with Crippen molar-refractivity contribution in [2.75, 3.05) is 13.2 Å². The Morgan fingerprint density at radius 1 is 1.38 bits per heavy atom. The van der Waals surface area contributed by atoms with Crippen molar-refractivity contribution in [2.45, 2.75) is 33.3 Å². The minimum atomic E-state index is -1.32. The van der Waals surface area contributed by atoms with Gasteiger partial charge in [-0.2, -0.15) is 5.26 Å². The van der Waals surface area contributed by atoms with Crippen LogP contribution in [-0.4, -0.2) is 41.2 Å². The number of nitrogens with zero attached hydrogens (tertiary/aromatic N) is 1. The standard InChI is InChI=1S/C18H24N2O4/c1-12(10-20-17(24)16(23)18(2,3)11-21)7-15(22)14-6-4-5-13(8-14)9-19/h4-6,8,12,16,21,23H,7,10-11H2,1-3H3,(H,20,24). The molecule has 24 heavy (non-hydrogen) atoms. The summed E-state index contributed by atoms with van der Waals surface area (Å²) in [4.78, 5) is 24.1. The van der Waals surface area contributed by atoms with Crippen LogP contribution < -0.4 is 5.32 Å². The van der Waals surface area contributed by atoms with Gasteiger partial charge in [-0.05, 0) is 18.1 Å². The number of hydrogen-bond donors (Lipinski definition) is 3. The number of amides is 1. The first-order valence-corrected chi connectivity index (χ1v) is 7.81. The van der Waals surface area contributed by atoms with Crippen molar-refractivity contribution in [1.29, 1.82) is 5.26 Å². The summed E-state index contributed by atoms with van der Waals surface area (Å²) in [5.74, 6) is -0.804. The zero-order valence-corrected chi connectivity index (χ0v) is 14.2. The van der Waals surface area contributed by atoms with Gasteiger partial charge in [0.2, 0.25) is 5.91 Å². The number of benzene rings is 1. The molecule has 0 aliphatic heterocycles. The normalized spacial score (nSPS) is 13.7. The minimum absolute atomic E-state index is 0.106. The molecule has 1 aromatic rings. The average molecular weight is 332 g/mol. The highest BCUT2D eigenvalue weighted by atomic mass is 16.3. The summed E-state index contributed by atoms with van der Waals surface area (Å²) >= 11 is 0. The van der Waals surface area contributed by atoms with Crippen LogP contribution in [0.15, 0.2) is 24.3 Å². The van der Waals surface area contributed by atoms with E-state index in [0.29, 0.717) is 11.1 Å². The van der Waals surface area contributed by atoms with Gasteiger partial charge in [0.05, 0.1) is 18.2 Å². The van der Waals surface area contributed by atoms with E-state index in [1.54, 1.807) is 38.1 Å². The molecule has 0 heterocycles. The van der Waals surface area contributed by atoms with Crippen molar-refractivity contribution < 1.29 is 19.8 Å². The van der Waals surface area contributed by atoms with E-state index in [9.17, 15) is 19.8 Å². The van der Waals surface area contributed by atoms with Crippen LogP contribution in [0.25, 0.3) is 0 Å². The summed E-state index contributed by atoms with van der Waals surface area (Å²) in [7, 11) is 0. The van der Waals surface area contributed by atoms with Crippen molar-refractivity contribution in [3.05, 3.63) is 35.4 Å². The lowest BCUT2D eigenvalue weighted by atomic mass is 9.87. The number of carbonyl (C=O) groups is 2. The molecular weight excluding hydrogens is 308 g/mol. The van der Waals surface area contributed by atoms with Gasteiger partial charge in [-0.15, -0.1) is 0 Å². The molecule has 1 aromatic carbocycles. The van der Waals surface area contributed by atoms with Gasteiger partial charge in [0.15, 0.2) is 5.78 Å². The summed E-state index contributed by atoms with van der Waals surface area (Å²) in [6.45, 7) is 4.92. The molecule has 0 saturated carbocycles. The maximum Gasteiger partial charge on any atom is 0.249 e. The third-order valence-corrected chi connectivity index (χ3v) is 3.87. The SMILES string of the molecule is CC(CNC(=O)C(O)C(C)(C)CO)CC(=O)c1cccc(C#N)c1. The topological polar surface area (TPSA) is 110 Å². The lowest BCUT2D eigenvalue weighted by Crippen LogP contribution is -2.46. The van der Waals surface area contributed by atoms with Crippen LogP contribution in [-0.2, 0) is 4.79 Å². The third kappa shape index (κ3) is 5.44. The molecule has 6 nitrogen and oxygen atoms in total. The van der Waals surface area contributed by atoms with E-state index in [1.165, 1.54) is 0 Å². The number of aliphatic hydroxyl groups excluding tert-OH is 2. The van der Waals surface area contributed by atoms with Crippen molar-refractivity contribution in [3.63, 3.8) is 0 Å². The first kappa shape index (κ1) is 19.8. The number of hydrogen-bond acceptors (Lipinski definition) is 5. The van der Waals surface area contributed by atoms with Gasteiger partial charge in [-0.3, -0.25) is 9.59 Å². The molecule has 0 aliphatic rings. The molecule has 2 unspecified atom stereocenters. The Morgan fingerprint density at radius 3 is 2.62 bits per heavy atom. The third-order valence-electron chi connectivity index (χ3n) is 3.87. The van der Waals surface area contributed by atoms with Crippen LogP contribution >= 0.6 is 0 Å². The van der Waals surface area contributed by atoms with Gasteiger partial charge in [-0.1, -0.05) is 32.9 Å². The van der Waals surface area contributed by atoms with Gasteiger partial charge in [0.1, 0.15) is 6.10 Å². The molecule has 2 atom stereocenters. The predicted molar refractivity (Wildman–Crippen MR) is 89.2 cm³/mol. The van der Waals surface area contributed by atoms with Crippen LogP contribution in [0.3, 0.4) is 0 Å². The maximum atomic E-state index is 12.2. The Balaban J connectivity index is 2.54. The number of rotatable bonds is 8. The average Bonchev–Trinajstić information content (AvgIpc) is 2.58. The first-order chi connectivity index (χ1) is 11.2. The Kier molecular flexibility index (Phi) is 7.08. The van der Waals surface area contributed by atoms with E-state index < -0.39 is 17.4 Å².